The Morgan fingerprint density at radius 3 is 2.52 bits per heavy atom. The van der Waals surface area contributed by atoms with Crippen molar-refractivity contribution >= 4 is 0 Å². The highest BCUT2D eigenvalue weighted by molar-refractivity contribution is 5.25. The molecule has 2 heterocycles. The minimum Gasteiger partial charge on any atom is -0.506 e. The molecule has 4 rings (SSSR count). The Morgan fingerprint density at radius 1 is 1.15 bits per heavy atom. The molecule has 2 N–H and O–H groups in total. The molecule has 2 fully saturated rings. The van der Waals surface area contributed by atoms with Crippen molar-refractivity contribution < 1.29 is 23.7 Å². The highest BCUT2D eigenvalue weighted by Crippen LogP contribution is 2.40. The molecule has 1 aliphatic carbocycles. The second-order valence-corrected chi connectivity index (χ2v) is 7.48. The van der Waals surface area contributed by atoms with E-state index in [-0.39, 0.29) is 17.6 Å². The molecule has 27 heavy (non-hydrogen) atoms. The van der Waals surface area contributed by atoms with E-state index in [4.69, 9.17) is 4.74 Å². The normalized spacial score (nSPS) is 26.1. The fraction of sp³-hybridized carbons (Fsp3) is 0.450. The van der Waals surface area contributed by atoms with Gasteiger partial charge in [0.2, 0.25) is 0 Å². The average Bonchev–Trinajstić information content (AvgIpc) is 3.15. The highest BCUT2D eigenvalue weighted by atomic mass is 19.1. The minimum absolute atomic E-state index is 0.0641. The number of likely N-dealkylation sites (tertiary alicyclic amines) is 1. The lowest BCUT2D eigenvalue weighted by Crippen LogP contribution is -2.29. The molecule has 1 aliphatic heterocycles. The summed E-state index contributed by atoms with van der Waals surface area (Å²) in [6.45, 7) is 2.19. The van der Waals surface area contributed by atoms with Crippen LogP contribution >= 0.6 is 0 Å². The smallest absolute Gasteiger partial charge is 0.167 e. The van der Waals surface area contributed by atoms with Gasteiger partial charge in [-0.1, -0.05) is 0 Å². The van der Waals surface area contributed by atoms with Crippen molar-refractivity contribution in [2.24, 2.45) is 11.8 Å². The van der Waals surface area contributed by atoms with Crippen molar-refractivity contribution in [2.45, 2.75) is 25.0 Å². The van der Waals surface area contributed by atoms with Gasteiger partial charge in [-0.25, -0.2) is 8.78 Å². The van der Waals surface area contributed by atoms with E-state index in [9.17, 15) is 19.0 Å². The Labute approximate surface area is 156 Å². The van der Waals surface area contributed by atoms with Crippen molar-refractivity contribution in [1.82, 2.24) is 9.88 Å². The fourth-order valence-electron chi connectivity index (χ4n) is 4.27. The summed E-state index contributed by atoms with van der Waals surface area (Å²) in [6, 6.07) is 6.52. The number of β-amino-alcohol motifs (C(OH)–C–C–N with tert-alkyl or cyclic N) is 1. The maximum Gasteiger partial charge on any atom is 0.167 e. The molecule has 0 bridgehead atoms. The van der Waals surface area contributed by atoms with Gasteiger partial charge in [-0.15, -0.1) is 0 Å². The monoisotopic (exact) mass is 376 g/mol. The number of hydrogen-bond acceptors (Lipinski definition) is 5. The molecule has 0 radical (unpaired) electrons. The van der Waals surface area contributed by atoms with Gasteiger partial charge in [0.05, 0.1) is 18.0 Å². The van der Waals surface area contributed by atoms with Crippen LogP contribution in [0.5, 0.6) is 11.5 Å². The summed E-state index contributed by atoms with van der Waals surface area (Å²) >= 11 is 0. The van der Waals surface area contributed by atoms with Crippen LogP contribution in [0.4, 0.5) is 8.78 Å². The standard InChI is InChI=1S/C20H22F2N2O3/c21-14-1-4-20(17(22)7-14)27-16-5-12-9-24(10-13(12)6-16)11-19(26)18-3-2-15(25)8-23-18/h1-4,7-8,12-13,16,19,25-26H,5-6,9-11H2/t12-,13+,16+,19?. The van der Waals surface area contributed by atoms with Crippen molar-refractivity contribution in [2.75, 3.05) is 19.6 Å². The first kappa shape index (κ1) is 18.1. The molecule has 144 valence electrons. The number of aliphatic hydroxyl groups excluding tert-OH is 1. The molecule has 4 atom stereocenters. The largest absolute Gasteiger partial charge is 0.506 e. The van der Waals surface area contributed by atoms with Crippen LogP contribution in [0.25, 0.3) is 0 Å². The predicted molar refractivity (Wildman–Crippen MR) is 94.3 cm³/mol. The van der Waals surface area contributed by atoms with Gasteiger partial charge in [-0.2, -0.15) is 0 Å². The summed E-state index contributed by atoms with van der Waals surface area (Å²) in [6.07, 6.45) is 2.21. The zero-order chi connectivity index (χ0) is 19.0. The SMILES string of the molecule is Oc1ccc(C(O)CN2C[C@H]3C[C@H](Oc4ccc(F)cc4F)C[C@H]3C2)nc1. The van der Waals surface area contributed by atoms with E-state index in [0.717, 1.165) is 32.0 Å². The zero-order valence-corrected chi connectivity index (χ0v) is 14.8. The van der Waals surface area contributed by atoms with Crippen molar-refractivity contribution in [3.8, 4) is 11.5 Å². The van der Waals surface area contributed by atoms with Gasteiger partial charge < -0.3 is 14.9 Å². The van der Waals surface area contributed by atoms with E-state index in [0.29, 0.717) is 24.1 Å². The Hall–Kier alpha value is -2.25. The molecule has 7 heteroatoms. The van der Waals surface area contributed by atoms with Crippen LogP contribution in [0.1, 0.15) is 24.6 Å². The fourth-order valence-corrected chi connectivity index (χ4v) is 4.27. The highest BCUT2D eigenvalue weighted by Gasteiger charge is 2.42. The zero-order valence-electron chi connectivity index (χ0n) is 14.8. The first-order valence-corrected chi connectivity index (χ1v) is 9.15. The molecule has 5 nitrogen and oxygen atoms in total. The van der Waals surface area contributed by atoms with E-state index < -0.39 is 17.7 Å². The molecule has 1 saturated heterocycles. The van der Waals surface area contributed by atoms with Gasteiger partial charge >= 0.3 is 0 Å². The number of pyridine rings is 1. The van der Waals surface area contributed by atoms with E-state index in [1.807, 2.05) is 0 Å². The molecule has 0 spiro atoms. The first-order valence-electron chi connectivity index (χ1n) is 9.15. The average molecular weight is 376 g/mol. The number of aliphatic hydroxyl groups is 1. The summed E-state index contributed by atoms with van der Waals surface area (Å²) in [7, 11) is 0. The summed E-state index contributed by atoms with van der Waals surface area (Å²) in [5, 5.41) is 19.6. The summed E-state index contributed by atoms with van der Waals surface area (Å²) < 4.78 is 32.5. The van der Waals surface area contributed by atoms with Crippen LogP contribution < -0.4 is 4.74 Å². The lowest BCUT2D eigenvalue weighted by atomic mass is 10.0. The third-order valence-corrected chi connectivity index (χ3v) is 5.51. The molecule has 1 aromatic carbocycles. The van der Waals surface area contributed by atoms with Crippen molar-refractivity contribution in [3.05, 3.63) is 53.9 Å². The van der Waals surface area contributed by atoms with E-state index in [1.54, 1.807) is 6.07 Å². The van der Waals surface area contributed by atoms with Gasteiger partial charge in [-0.3, -0.25) is 9.88 Å². The Balaban J connectivity index is 1.29. The number of ether oxygens (including phenoxy) is 1. The second kappa shape index (κ2) is 7.40. The number of aromatic hydroxyl groups is 1. The van der Waals surface area contributed by atoms with Crippen LogP contribution in [-0.2, 0) is 0 Å². The van der Waals surface area contributed by atoms with Gasteiger partial charge in [0.1, 0.15) is 17.7 Å². The number of hydrogen-bond donors (Lipinski definition) is 2. The molecule has 1 unspecified atom stereocenters. The van der Waals surface area contributed by atoms with Crippen LogP contribution in [0.15, 0.2) is 36.5 Å². The third-order valence-electron chi connectivity index (χ3n) is 5.51. The number of aromatic nitrogens is 1. The van der Waals surface area contributed by atoms with Crippen LogP contribution in [-0.4, -0.2) is 45.8 Å². The Bertz CT molecular complexity index is 788. The quantitative estimate of drug-likeness (QED) is 0.840. The number of nitrogens with zero attached hydrogens (tertiary/aromatic N) is 2. The summed E-state index contributed by atoms with van der Waals surface area (Å²) in [5.74, 6) is -0.215. The number of rotatable bonds is 5. The molecule has 1 saturated carbocycles. The lowest BCUT2D eigenvalue weighted by molar-refractivity contribution is 0.112. The van der Waals surface area contributed by atoms with Crippen LogP contribution in [0.2, 0.25) is 0 Å². The predicted octanol–water partition coefficient (Wildman–Crippen LogP) is 2.89. The van der Waals surface area contributed by atoms with Crippen molar-refractivity contribution in [1.29, 1.82) is 0 Å². The van der Waals surface area contributed by atoms with E-state index >= 15 is 0 Å². The van der Waals surface area contributed by atoms with Gasteiger partial charge in [0.25, 0.3) is 0 Å². The topological polar surface area (TPSA) is 65.8 Å². The van der Waals surface area contributed by atoms with Gasteiger partial charge in [-0.05, 0) is 48.9 Å². The molecule has 1 aromatic heterocycles. The number of benzene rings is 1. The van der Waals surface area contributed by atoms with Gasteiger partial charge in [0.15, 0.2) is 11.6 Å². The molecule has 0 amide bonds. The van der Waals surface area contributed by atoms with E-state index in [2.05, 4.69) is 9.88 Å². The molecule has 2 aromatic rings. The van der Waals surface area contributed by atoms with E-state index in [1.165, 1.54) is 24.4 Å². The first-order chi connectivity index (χ1) is 13.0. The summed E-state index contributed by atoms with van der Waals surface area (Å²) in [4.78, 5) is 6.27. The second-order valence-electron chi connectivity index (χ2n) is 7.48. The van der Waals surface area contributed by atoms with Gasteiger partial charge in [0, 0.05) is 25.7 Å². The Morgan fingerprint density at radius 2 is 1.89 bits per heavy atom. The van der Waals surface area contributed by atoms with Crippen molar-refractivity contribution in [3.63, 3.8) is 0 Å². The van der Waals surface area contributed by atoms with Crippen LogP contribution in [0.3, 0.4) is 0 Å². The number of fused-ring (bicyclic) bond motifs is 1. The maximum atomic E-state index is 13.8. The minimum atomic E-state index is -0.704. The summed E-state index contributed by atoms with van der Waals surface area (Å²) in [5.41, 5.74) is 0.540. The lowest BCUT2D eigenvalue weighted by Gasteiger charge is -2.22. The third kappa shape index (κ3) is 4.04. The maximum absolute atomic E-state index is 13.8. The molecular formula is C20H22F2N2O3. The molecule has 2 aliphatic rings. The number of halogens is 2. The molecular weight excluding hydrogens is 354 g/mol. The van der Waals surface area contributed by atoms with Crippen LogP contribution in [0, 0.1) is 23.5 Å². The Kier molecular flexibility index (Phi) is 4.97.